The average molecular weight is 300 g/mol. The molecule has 118 valence electrons. The van der Waals surface area contributed by atoms with Crippen LogP contribution in [0.2, 0.25) is 0 Å². The van der Waals surface area contributed by atoms with E-state index >= 15 is 0 Å². The van der Waals surface area contributed by atoms with Crippen LogP contribution < -0.4 is 5.32 Å². The van der Waals surface area contributed by atoms with Crippen molar-refractivity contribution in [2.24, 2.45) is 10.8 Å². The van der Waals surface area contributed by atoms with E-state index in [1.54, 1.807) is 0 Å². The van der Waals surface area contributed by atoms with Crippen LogP contribution in [0.1, 0.15) is 52.5 Å². The first-order valence-corrected chi connectivity index (χ1v) is 7.27. The fourth-order valence-electron chi connectivity index (χ4n) is 3.84. The molecule has 1 heterocycles. The third kappa shape index (κ3) is 4.35. The molecule has 0 spiro atoms. The lowest BCUT2D eigenvalue weighted by atomic mass is 9.63. The Morgan fingerprint density at radius 3 is 2.24 bits per heavy atom. The van der Waals surface area contributed by atoms with Crippen LogP contribution in [0.25, 0.3) is 0 Å². The molecule has 0 aliphatic heterocycles. The molecule has 5 heteroatoms. The van der Waals surface area contributed by atoms with Crippen LogP contribution in [0, 0.1) is 10.8 Å². The Morgan fingerprint density at radius 1 is 1.14 bits per heavy atom. The number of aromatic nitrogens is 1. The largest absolute Gasteiger partial charge is 0.416 e. The van der Waals surface area contributed by atoms with Gasteiger partial charge in [0, 0.05) is 12.2 Å². The molecule has 0 amide bonds. The smallest absolute Gasteiger partial charge is 0.367 e. The first-order valence-electron chi connectivity index (χ1n) is 7.27. The summed E-state index contributed by atoms with van der Waals surface area (Å²) in [4.78, 5) is 4.03. The summed E-state index contributed by atoms with van der Waals surface area (Å²) in [5.41, 5.74) is -0.295. The normalized spacial score (nSPS) is 22.0. The van der Waals surface area contributed by atoms with Crippen molar-refractivity contribution >= 4 is 5.82 Å². The summed E-state index contributed by atoms with van der Waals surface area (Å²) in [5, 5.41) is 3.19. The minimum Gasteiger partial charge on any atom is -0.367 e. The average Bonchev–Trinajstić information content (AvgIpc) is 2.23. The van der Waals surface area contributed by atoms with Gasteiger partial charge in [-0.05, 0) is 42.2 Å². The number of pyridine rings is 1. The predicted molar refractivity (Wildman–Crippen MR) is 78.1 cm³/mol. The molecule has 1 fully saturated rings. The van der Waals surface area contributed by atoms with Crippen LogP contribution in [0.4, 0.5) is 19.0 Å². The Labute approximate surface area is 124 Å². The van der Waals surface area contributed by atoms with E-state index in [1.807, 2.05) is 0 Å². The monoisotopic (exact) mass is 300 g/mol. The Balaban J connectivity index is 2.15. The molecule has 1 aliphatic carbocycles. The first kappa shape index (κ1) is 16.1. The molecule has 0 saturated heterocycles. The van der Waals surface area contributed by atoms with E-state index < -0.39 is 11.7 Å². The van der Waals surface area contributed by atoms with Crippen LogP contribution in [0.5, 0.6) is 0 Å². The third-order valence-electron chi connectivity index (χ3n) is 3.99. The maximum Gasteiger partial charge on any atom is 0.416 e. The van der Waals surface area contributed by atoms with Gasteiger partial charge in [-0.3, -0.25) is 0 Å². The van der Waals surface area contributed by atoms with Gasteiger partial charge in [-0.2, -0.15) is 13.2 Å². The number of anilines is 1. The Bertz CT molecular complexity index is 490. The van der Waals surface area contributed by atoms with Crippen molar-refractivity contribution in [3.8, 4) is 0 Å². The molecular formula is C16H23F3N2. The van der Waals surface area contributed by atoms with Crippen molar-refractivity contribution in [2.75, 3.05) is 5.32 Å². The summed E-state index contributed by atoms with van der Waals surface area (Å²) >= 11 is 0. The molecule has 0 radical (unpaired) electrons. The van der Waals surface area contributed by atoms with E-state index in [0.717, 1.165) is 31.4 Å². The zero-order valence-corrected chi connectivity index (χ0v) is 13.0. The van der Waals surface area contributed by atoms with E-state index in [-0.39, 0.29) is 16.9 Å². The molecule has 0 atom stereocenters. The molecule has 2 rings (SSSR count). The highest BCUT2D eigenvalue weighted by atomic mass is 19.4. The van der Waals surface area contributed by atoms with Crippen molar-refractivity contribution in [1.82, 2.24) is 4.98 Å². The number of hydrogen-bond acceptors (Lipinski definition) is 2. The van der Waals surface area contributed by atoms with Crippen molar-refractivity contribution in [1.29, 1.82) is 0 Å². The highest BCUT2D eigenvalue weighted by Crippen LogP contribution is 2.46. The van der Waals surface area contributed by atoms with E-state index in [0.29, 0.717) is 5.82 Å². The Kier molecular flexibility index (Phi) is 3.98. The number of alkyl halides is 3. The fraction of sp³-hybridized carbons (Fsp3) is 0.688. The van der Waals surface area contributed by atoms with Crippen molar-refractivity contribution in [2.45, 2.75) is 59.2 Å². The molecule has 0 aromatic carbocycles. The maximum atomic E-state index is 12.7. The summed E-state index contributed by atoms with van der Waals surface area (Å²) in [6.45, 7) is 8.84. The van der Waals surface area contributed by atoms with E-state index in [9.17, 15) is 13.2 Å². The van der Waals surface area contributed by atoms with E-state index in [2.05, 4.69) is 38.0 Å². The van der Waals surface area contributed by atoms with Crippen LogP contribution in [-0.4, -0.2) is 11.0 Å². The number of nitrogens with zero attached hydrogens (tertiary/aromatic N) is 1. The van der Waals surface area contributed by atoms with Crippen LogP contribution in [0.3, 0.4) is 0 Å². The van der Waals surface area contributed by atoms with Gasteiger partial charge in [0.05, 0.1) is 5.56 Å². The number of rotatable bonds is 2. The molecule has 0 bridgehead atoms. The summed E-state index contributed by atoms with van der Waals surface area (Å²) < 4.78 is 38.2. The predicted octanol–water partition coefficient (Wildman–Crippen LogP) is 5.12. The minimum atomic E-state index is -4.33. The lowest BCUT2D eigenvalue weighted by Gasteiger charge is -2.45. The second kappa shape index (κ2) is 5.18. The summed E-state index contributed by atoms with van der Waals surface area (Å²) in [6.07, 6.45) is -0.119. The SMILES string of the molecule is CC1(C)CC(Nc2cc(C(F)(F)F)ccn2)CC(C)(C)C1. The Hall–Kier alpha value is -1.26. The second-order valence-corrected chi connectivity index (χ2v) is 7.68. The molecule has 1 aliphatic rings. The van der Waals surface area contributed by atoms with Gasteiger partial charge in [0.2, 0.25) is 0 Å². The van der Waals surface area contributed by atoms with E-state index in [1.165, 1.54) is 6.20 Å². The van der Waals surface area contributed by atoms with E-state index in [4.69, 9.17) is 0 Å². The summed E-state index contributed by atoms with van der Waals surface area (Å²) in [7, 11) is 0. The summed E-state index contributed by atoms with van der Waals surface area (Å²) in [6, 6.07) is 2.24. The second-order valence-electron chi connectivity index (χ2n) is 7.68. The van der Waals surface area contributed by atoms with Gasteiger partial charge >= 0.3 is 6.18 Å². The first-order chi connectivity index (χ1) is 9.47. The van der Waals surface area contributed by atoms with Gasteiger partial charge in [0.1, 0.15) is 5.82 Å². The van der Waals surface area contributed by atoms with Crippen molar-refractivity contribution in [3.05, 3.63) is 23.9 Å². The number of nitrogens with one attached hydrogen (secondary N) is 1. The van der Waals surface area contributed by atoms with Crippen molar-refractivity contribution in [3.63, 3.8) is 0 Å². The standard InChI is InChI=1S/C16H23F3N2/c1-14(2)8-12(9-15(3,4)10-14)21-13-7-11(5-6-20-13)16(17,18)19/h5-7,12H,8-10H2,1-4H3,(H,20,21). The molecule has 1 N–H and O–H groups in total. The zero-order chi connectivity index (χ0) is 15.9. The van der Waals surface area contributed by atoms with Crippen LogP contribution >= 0.6 is 0 Å². The van der Waals surface area contributed by atoms with Crippen LogP contribution in [-0.2, 0) is 6.18 Å². The maximum absolute atomic E-state index is 12.7. The van der Waals surface area contributed by atoms with Gasteiger partial charge in [-0.15, -0.1) is 0 Å². The molecular weight excluding hydrogens is 277 g/mol. The Morgan fingerprint density at radius 2 is 1.71 bits per heavy atom. The topological polar surface area (TPSA) is 24.9 Å². The quantitative estimate of drug-likeness (QED) is 0.820. The van der Waals surface area contributed by atoms with Gasteiger partial charge in [-0.1, -0.05) is 27.7 Å². The highest BCUT2D eigenvalue weighted by molar-refractivity contribution is 5.39. The van der Waals surface area contributed by atoms with Gasteiger partial charge in [-0.25, -0.2) is 4.98 Å². The molecule has 1 saturated carbocycles. The lowest BCUT2D eigenvalue weighted by molar-refractivity contribution is -0.137. The van der Waals surface area contributed by atoms with Gasteiger partial charge in [0.25, 0.3) is 0 Å². The van der Waals surface area contributed by atoms with Crippen LogP contribution in [0.15, 0.2) is 18.3 Å². The lowest BCUT2D eigenvalue weighted by Crippen LogP contribution is -2.40. The molecule has 21 heavy (non-hydrogen) atoms. The highest BCUT2D eigenvalue weighted by Gasteiger charge is 2.38. The van der Waals surface area contributed by atoms with Gasteiger partial charge in [0.15, 0.2) is 0 Å². The molecule has 2 nitrogen and oxygen atoms in total. The molecule has 1 aromatic rings. The number of hydrogen-bond donors (Lipinski definition) is 1. The van der Waals surface area contributed by atoms with Crippen molar-refractivity contribution < 1.29 is 13.2 Å². The third-order valence-corrected chi connectivity index (χ3v) is 3.99. The van der Waals surface area contributed by atoms with Gasteiger partial charge < -0.3 is 5.32 Å². The summed E-state index contributed by atoms with van der Waals surface area (Å²) in [5.74, 6) is 0.309. The zero-order valence-electron chi connectivity index (χ0n) is 13.0. The molecule has 1 aromatic heterocycles. The fourth-order valence-corrected chi connectivity index (χ4v) is 3.84. The number of halogens is 3. The minimum absolute atomic E-state index is 0.153. The molecule has 0 unspecified atom stereocenters.